The van der Waals surface area contributed by atoms with Crippen molar-refractivity contribution in [3.8, 4) is 0 Å². The summed E-state index contributed by atoms with van der Waals surface area (Å²) in [5, 5.41) is 4.09. The number of amides is 1. The molecule has 0 bridgehead atoms. The number of carbonyl (C=O) groups is 1. The minimum atomic E-state index is 0.146. The Morgan fingerprint density at radius 2 is 1.95 bits per heavy atom. The number of hydrogen-bond acceptors (Lipinski definition) is 4. The molecular formula is C17H21N3O2. The van der Waals surface area contributed by atoms with Crippen molar-refractivity contribution in [3.63, 3.8) is 0 Å². The van der Waals surface area contributed by atoms with Crippen molar-refractivity contribution < 1.29 is 9.32 Å². The Hall–Kier alpha value is -2.17. The largest absolute Gasteiger partial charge is 0.343 e. The number of aromatic nitrogens is 2. The van der Waals surface area contributed by atoms with Gasteiger partial charge in [0.15, 0.2) is 5.82 Å². The van der Waals surface area contributed by atoms with Crippen molar-refractivity contribution >= 4 is 5.91 Å². The third kappa shape index (κ3) is 3.53. The molecule has 0 spiro atoms. The molecule has 1 aromatic heterocycles. The van der Waals surface area contributed by atoms with Crippen LogP contribution in [0.1, 0.15) is 43.0 Å². The van der Waals surface area contributed by atoms with E-state index in [4.69, 9.17) is 4.52 Å². The molecule has 1 fully saturated rings. The molecule has 1 aromatic carbocycles. The summed E-state index contributed by atoms with van der Waals surface area (Å²) >= 11 is 0. The maximum atomic E-state index is 11.3. The average molecular weight is 299 g/mol. The smallest absolute Gasteiger partial charge is 0.229 e. The lowest BCUT2D eigenvalue weighted by molar-refractivity contribution is -0.129. The Bertz CT molecular complexity index is 616. The third-order valence-corrected chi connectivity index (χ3v) is 4.25. The van der Waals surface area contributed by atoms with Gasteiger partial charge in [-0.05, 0) is 24.8 Å². The van der Waals surface area contributed by atoms with Crippen LogP contribution in [0.5, 0.6) is 0 Å². The second-order valence-electron chi connectivity index (χ2n) is 5.81. The minimum absolute atomic E-state index is 0.146. The summed E-state index contributed by atoms with van der Waals surface area (Å²) in [4.78, 5) is 17.8. The Kier molecular flexibility index (Phi) is 4.51. The molecule has 3 rings (SSSR count). The third-order valence-electron chi connectivity index (χ3n) is 4.25. The number of rotatable bonds is 4. The lowest BCUT2D eigenvalue weighted by Gasteiger charge is -2.29. The quantitative estimate of drug-likeness (QED) is 0.870. The average Bonchev–Trinajstić information content (AvgIpc) is 3.03. The number of benzene rings is 1. The summed E-state index contributed by atoms with van der Waals surface area (Å²) in [5.41, 5.74) is 1.28. The van der Waals surface area contributed by atoms with Crippen LogP contribution in [0.2, 0.25) is 0 Å². The Balaban J connectivity index is 1.54. The van der Waals surface area contributed by atoms with Crippen molar-refractivity contribution in [2.24, 2.45) is 0 Å². The van der Waals surface area contributed by atoms with Crippen molar-refractivity contribution in [1.82, 2.24) is 15.0 Å². The maximum absolute atomic E-state index is 11.3. The first-order valence-corrected chi connectivity index (χ1v) is 7.84. The fraction of sp³-hybridized carbons (Fsp3) is 0.471. The number of likely N-dealkylation sites (tertiary alicyclic amines) is 1. The van der Waals surface area contributed by atoms with Crippen LogP contribution < -0.4 is 0 Å². The summed E-state index contributed by atoms with van der Waals surface area (Å²) in [7, 11) is 0. The first-order chi connectivity index (χ1) is 10.7. The first-order valence-electron chi connectivity index (χ1n) is 7.84. The number of aryl methyl sites for hydroxylation is 2. The van der Waals surface area contributed by atoms with Crippen molar-refractivity contribution in [2.45, 2.75) is 38.5 Å². The summed E-state index contributed by atoms with van der Waals surface area (Å²) in [6.45, 7) is 3.18. The Morgan fingerprint density at radius 3 is 2.64 bits per heavy atom. The molecule has 5 heteroatoms. The van der Waals surface area contributed by atoms with Gasteiger partial charge in [-0.3, -0.25) is 4.79 Å². The molecule has 116 valence electrons. The first kappa shape index (κ1) is 14.8. The van der Waals surface area contributed by atoms with Crippen LogP contribution in [0.3, 0.4) is 0 Å². The van der Waals surface area contributed by atoms with E-state index < -0.39 is 0 Å². The van der Waals surface area contributed by atoms with E-state index in [0.29, 0.717) is 0 Å². The van der Waals surface area contributed by atoms with Crippen LogP contribution in [0.25, 0.3) is 0 Å². The van der Waals surface area contributed by atoms with Crippen LogP contribution in [0, 0.1) is 0 Å². The fourth-order valence-electron chi connectivity index (χ4n) is 2.88. The molecule has 22 heavy (non-hydrogen) atoms. The topological polar surface area (TPSA) is 59.2 Å². The van der Waals surface area contributed by atoms with Gasteiger partial charge in [0.05, 0.1) is 0 Å². The molecule has 1 saturated heterocycles. The van der Waals surface area contributed by atoms with E-state index in [1.54, 1.807) is 6.92 Å². The zero-order valence-corrected chi connectivity index (χ0v) is 12.9. The van der Waals surface area contributed by atoms with Gasteiger partial charge in [-0.15, -0.1) is 0 Å². The van der Waals surface area contributed by atoms with E-state index in [1.807, 2.05) is 23.1 Å². The Morgan fingerprint density at radius 1 is 1.23 bits per heavy atom. The number of nitrogens with zero attached hydrogens (tertiary/aromatic N) is 3. The molecule has 2 aromatic rings. The molecular weight excluding hydrogens is 278 g/mol. The zero-order valence-electron chi connectivity index (χ0n) is 12.9. The SMILES string of the molecule is CC(=O)N1CCC(c2nc(CCc3ccccc3)no2)CC1. The van der Waals surface area contributed by atoms with Crippen molar-refractivity contribution in [2.75, 3.05) is 13.1 Å². The molecule has 1 aliphatic heterocycles. The van der Waals surface area contributed by atoms with Crippen LogP contribution in [0.4, 0.5) is 0 Å². The number of piperidine rings is 1. The van der Waals surface area contributed by atoms with Crippen LogP contribution >= 0.6 is 0 Å². The maximum Gasteiger partial charge on any atom is 0.229 e. The van der Waals surface area contributed by atoms with Gasteiger partial charge in [0, 0.05) is 32.4 Å². The molecule has 0 unspecified atom stereocenters. The number of carbonyl (C=O) groups excluding carboxylic acids is 1. The van der Waals surface area contributed by atoms with Crippen LogP contribution in [-0.4, -0.2) is 34.0 Å². The number of hydrogen-bond donors (Lipinski definition) is 0. The molecule has 0 saturated carbocycles. The highest BCUT2D eigenvalue weighted by molar-refractivity contribution is 5.73. The fourth-order valence-corrected chi connectivity index (χ4v) is 2.88. The monoisotopic (exact) mass is 299 g/mol. The molecule has 5 nitrogen and oxygen atoms in total. The lowest BCUT2D eigenvalue weighted by Crippen LogP contribution is -2.36. The predicted molar refractivity (Wildman–Crippen MR) is 82.4 cm³/mol. The van der Waals surface area contributed by atoms with Gasteiger partial charge in [-0.2, -0.15) is 4.98 Å². The van der Waals surface area contributed by atoms with Gasteiger partial charge < -0.3 is 9.42 Å². The van der Waals surface area contributed by atoms with Gasteiger partial charge in [0.1, 0.15) is 0 Å². The summed E-state index contributed by atoms with van der Waals surface area (Å²) in [5.74, 6) is 1.93. The van der Waals surface area contributed by atoms with Crippen molar-refractivity contribution in [3.05, 3.63) is 47.6 Å². The van der Waals surface area contributed by atoms with Gasteiger partial charge in [-0.1, -0.05) is 35.5 Å². The molecule has 2 heterocycles. The molecule has 1 amide bonds. The van der Waals surface area contributed by atoms with Gasteiger partial charge >= 0.3 is 0 Å². The van der Waals surface area contributed by atoms with E-state index in [9.17, 15) is 4.79 Å². The van der Waals surface area contributed by atoms with Gasteiger partial charge in [0.25, 0.3) is 0 Å². The summed E-state index contributed by atoms with van der Waals surface area (Å²) in [6.07, 6.45) is 3.52. The second-order valence-corrected chi connectivity index (χ2v) is 5.81. The molecule has 0 atom stereocenters. The second kappa shape index (κ2) is 6.73. The summed E-state index contributed by atoms with van der Waals surface area (Å²) in [6, 6.07) is 10.3. The van der Waals surface area contributed by atoms with E-state index >= 15 is 0 Å². The van der Waals surface area contributed by atoms with E-state index in [-0.39, 0.29) is 11.8 Å². The van der Waals surface area contributed by atoms with Crippen LogP contribution in [0.15, 0.2) is 34.9 Å². The highest BCUT2D eigenvalue weighted by atomic mass is 16.5. The highest BCUT2D eigenvalue weighted by Gasteiger charge is 2.26. The van der Waals surface area contributed by atoms with E-state index in [2.05, 4.69) is 22.3 Å². The summed E-state index contributed by atoms with van der Waals surface area (Å²) < 4.78 is 5.42. The zero-order chi connectivity index (χ0) is 15.4. The minimum Gasteiger partial charge on any atom is -0.343 e. The van der Waals surface area contributed by atoms with Crippen LogP contribution in [-0.2, 0) is 17.6 Å². The van der Waals surface area contributed by atoms with Gasteiger partial charge in [0.2, 0.25) is 11.8 Å². The lowest BCUT2D eigenvalue weighted by atomic mass is 9.97. The molecule has 0 aliphatic carbocycles. The normalized spacial score (nSPS) is 16.0. The molecule has 1 aliphatic rings. The van der Waals surface area contributed by atoms with Gasteiger partial charge in [-0.25, -0.2) is 0 Å². The highest BCUT2D eigenvalue weighted by Crippen LogP contribution is 2.26. The Labute approximate surface area is 130 Å². The molecule has 0 N–H and O–H groups in total. The standard InChI is InChI=1S/C17H21N3O2/c1-13(21)20-11-9-15(10-12-20)17-18-16(19-22-17)8-7-14-5-3-2-4-6-14/h2-6,15H,7-12H2,1H3. The predicted octanol–water partition coefficient (Wildman–Crippen LogP) is 2.58. The molecule has 0 radical (unpaired) electrons. The van der Waals surface area contributed by atoms with E-state index in [1.165, 1.54) is 5.56 Å². The van der Waals surface area contributed by atoms with Crippen molar-refractivity contribution in [1.29, 1.82) is 0 Å². The van der Waals surface area contributed by atoms with E-state index in [0.717, 1.165) is 50.5 Å².